The van der Waals surface area contributed by atoms with Gasteiger partial charge in [-0.3, -0.25) is 4.79 Å². The molecule has 1 saturated heterocycles. The van der Waals surface area contributed by atoms with Gasteiger partial charge in [0.05, 0.1) is 0 Å². The van der Waals surface area contributed by atoms with Gasteiger partial charge in [0.2, 0.25) is 5.91 Å². The van der Waals surface area contributed by atoms with Crippen LogP contribution < -0.4 is 10.6 Å². The highest BCUT2D eigenvalue weighted by Gasteiger charge is 2.18. The molecule has 0 radical (unpaired) electrons. The first kappa shape index (κ1) is 14.5. The monoisotopic (exact) mass is 242 g/mol. The third-order valence-electron chi connectivity index (χ3n) is 3.46. The van der Waals surface area contributed by atoms with Crippen LogP contribution in [0.25, 0.3) is 0 Å². The predicted octanol–water partition coefficient (Wildman–Crippen LogP) is 0.901. The minimum atomic E-state index is 0.165. The van der Waals surface area contributed by atoms with E-state index in [0.29, 0.717) is 24.8 Å². The van der Waals surface area contributed by atoms with Crippen LogP contribution in [0.5, 0.6) is 0 Å². The van der Waals surface area contributed by atoms with Crippen molar-refractivity contribution in [2.75, 3.05) is 26.2 Å². The molecule has 0 aromatic rings. The van der Waals surface area contributed by atoms with E-state index < -0.39 is 0 Å². The van der Waals surface area contributed by atoms with Crippen molar-refractivity contribution in [3.05, 3.63) is 0 Å². The minimum absolute atomic E-state index is 0.165. The Hall–Kier alpha value is -0.610. The van der Waals surface area contributed by atoms with E-state index in [0.717, 1.165) is 38.8 Å². The van der Waals surface area contributed by atoms with Crippen LogP contribution in [0, 0.1) is 11.8 Å². The molecule has 0 saturated carbocycles. The summed E-state index contributed by atoms with van der Waals surface area (Å²) in [7, 11) is 0. The number of carbonyl (C=O) groups excluding carboxylic acids is 1. The molecule has 0 spiro atoms. The average molecular weight is 242 g/mol. The van der Waals surface area contributed by atoms with Crippen molar-refractivity contribution in [2.45, 2.75) is 39.0 Å². The first-order valence-corrected chi connectivity index (χ1v) is 6.84. The molecule has 0 bridgehead atoms. The molecule has 1 rings (SSSR count). The second-order valence-electron chi connectivity index (χ2n) is 5.03. The van der Waals surface area contributed by atoms with Gasteiger partial charge >= 0.3 is 0 Å². The highest BCUT2D eigenvalue weighted by Crippen LogP contribution is 2.13. The fourth-order valence-electron chi connectivity index (χ4n) is 2.42. The number of rotatable bonds is 8. The van der Waals surface area contributed by atoms with E-state index in [4.69, 9.17) is 5.11 Å². The van der Waals surface area contributed by atoms with Crippen LogP contribution in [0.15, 0.2) is 0 Å². The summed E-state index contributed by atoms with van der Waals surface area (Å²) in [4.78, 5) is 11.7. The molecule has 4 nitrogen and oxygen atoms in total. The lowest BCUT2D eigenvalue weighted by Gasteiger charge is -2.16. The van der Waals surface area contributed by atoms with Crippen LogP contribution in [0.1, 0.15) is 39.0 Å². The van der Waals surface area contributed by atoms with Gasteiger partial charge in [-0.15, -0.1) is 0 Å². The van der Waals surface area contributed by atoms with Crippen molar-refractivity contribution in [2.24, 2.45) is 11.8 Å². The van der Waals surface area contributed by atoms with E-state index in [1.807, 2.05) is 0 Å². The number of aliphatic hydroxyl groups excluding tert-OH is 1. The molecule has 2 atom stereocenters. The zero-order valence-corrected chi connectivity index (χ0v) is 10.9. The van der Waals surface area contributed by atoms with Crippen molar-refractivity contribution < 1.29 is 9.90 Å². The molecule has 3 N–H and O–H groups in total. The fourth-order valence-corrected chi connectivity index (χ4v) is 2.42. The van der Waals surface area contributed by atoms with Gasteiger partial charge in [0, 0.05) is 19.6 Å². The number of hydrogen-bond acceptors (Lipinski definition) is 3. The van der Waals surface area contributed by atoms with Gasteiger partial charge in [-0.05, 0) is 44.2 Å². The quantitative estimate of drug-likeness (QED) is 0.592. The molecule has 1 aliphatic heterocycles. The lowest BCUT2D eigenvalue weighted by molar-refractivity contribution is -0.122. The molecule has 100 valence electrons. The van der Waals surface area contributed by atoms with Gasteiger partial charge in [0.15, 0.2) is 0 Å². The SMILES string of the molecule is CCCC(CCO)CNC(=O)CC1CCNC1. The number of amides is 1. The fraction of sp³-hybridized carbons (Fsp3) is 0.923. The van der Waals surface area contributed by atoms with Crippen LogP contribution in [-0.4, -0.2) is 37.3 Å². The third kappa shape index (κ3) is 6.03. The topological polar surface area (TPSA) is 61.4 Å². The Morgan fingerprint density at radius 1 is 1.53 bits per heavy atom. The second-order valence-corrected chi connectivity index (χ2v) is 5.03. The molecule has 0 aliphatic carbocycles. The first-order chi connectivity index (χ1) is 8.26. The number of nitrogens with one attached hydrogen (secondary N) is 2. The predicted molar refractivity (Wildman–Crippen MR) is 68.7 cm³/mol. The van der Waals surface area contributed by atoms with Crippen molar-refractivity contribution in [1.82, 2.24) is 10.6 Å². The normalized spacial score (nSPS) is 21.4. The number of hydrogen-bond donors (Lipinski definition) is 3. The molecule has 4 heteroatoms. The van der Waals surface area contributed by atoms with Crippen LogP contribution in [0.3, 0.4) is 0 Å². The highest BCUT2D eigenvalue weighted by molar-refractivity contribution is 5.76. The van der Waals surface area contributed by atoms with Crippen molar-refractivity contribution >= 4 is 5.91 Å². The summed E-state index contributed by atoms with van der Waals surface area (Å²) in [6.45, 7) is 5.08. The molecular formula is C13H26N2O2. The maximum Gasteiger partial charge on any atom is 0.220 e. The van der Waals surface area contributed by atoms with Crippen molar-refractivity contribution in [3.8, 4) is 0 Å². The van der Waals surface area contributed by atoms with Crippen molar-refractivity contribution in [1.29, 1.82) is 0 Å². The lowest BCUT2D eigenvalue weighted by Crippen LogP contribution is -2.31. The molecule has 0 aromatic carbocycles. The molecule has 1 aliphatic rings. The summed E-state index contributed by atoms with van der Waals surface area (Å²) in [5.41, 5.74) is 0. The Bertz CT molecular complexity index is 209. The smallest absolute Gasteiger partial charge is 0.220 e. The summed E-state index contributed by atoms with van der Waals surface area (Å²) >= 11 is 0. The van der Waals surface area contributed by atoms with E-state index in [1.165, 1.54) is 0 Å². The summed E-state index contributed by atoms with van der Waals surface area (Å²) in [5, 5.41) is 15.2. The van der Waals surface area contributed by atoms with Crippen LogP contribution in [0.4, 0.5) is 0 Å². The Balaban J connectivity index is 2.15. The summed E-state index contributed by atoms with van der Waals surface area (Å²) < 4.78 is 0. The van der Waals surface area contributed by atoms with E-state index in [-0.39, 0.29) is 12.5 Å². The third-order valence-corrected chi connectivity index (χ3v) is 3.46. The molecule has 1 fully saturated rings. The van der Waals surface area contributed by atoms with E-state index in [2.05, 4.69) is 17.6 Å². The molecular weight excluding hydrogens is 216 g/mol. The van der Waals surface area contributed by atoms with Crippen LogP contribution in [0.2, 0.25) is 0 Å². The van der Waals surface area contributed by atoms with E-state index in [9.17, 15) is 4.79 Å². The zero-order chi connectivity index (χ0) is 12.5. The van der Waals surface area contributed by atoms with Crippen LogP contribution >= 0.6 is 0 Å². The molecule has 17 heavy (non-hydrogen) atoms. The van der Waals surface area contributed by atoms with Gasteiger partial charge in [-0.1, -0.05) is 13.3 Å². The largest absolute Gasteiger partial charge is 0.396 e. The summed E-state index contributed by atoms with van der Waals surface area (Å²) in [6, 6.07) is 0. The summed E-state index contributed by atoms with van der Waals surface area (Å²) in [6.07, 6.45) is 4.73. The average Bonchev–Trinajstić information content (AvgIpc) is 2.79. The second kappa shape index (κ2) is 8.48. The van der Waals surface area contributed by atoms with Gasteiger partial charge in [-0.2, -0.15) is 0 Å². The lowest BCUT2D eigenvalue weighted by atomic mass is 9.99. The Morgan fingerprint density at radius 2 is 2.35 bits per heavy atom. The Morgan fingerprint density at radius 3 is 2.94 bits per heavy atom. The van der Waals surface area contributed by atoms with Gasteiger partial charge in [-0.25, -0.2) is 0 Å². The Kier molecular flexibility index (Phi) is 7.21. The standard InChI is InChI=1S/C13H26N2O2/c1-2-3-11(5-7-16)10-15-13(17)8-12-4-6-14-9-12/h11-12,14,16H,2-10H2,1H3,(H,15,17). The first-order valence-electron chi connectivity index (χ1n) is 6.84. The maximum absolute atomic E-state index is 11.7. The van der Waals surface area contributed by atoms with E-state index in [1.54, 1.807) is 0 Å². The highest BCUT2D eigenvalue weighted by atomic mass is 16.3. The number of aliphatic hydroxyl groups is 1. The van der Waals surface area contributed by atoms with Gasteiger partial charge in [0.25, 0.3) is 0 Å². The molecule has 1 heterocycles. The maximum atomic E-state index is 11.7. The minimum Gasteiger partial charge on any atom is -0.396 e. The van der Waals surface area contributed by atoms with Gasteiger partial charge in [0.1, 0.15) is 0 Å². The van der Waals surface area contributed by atoms with E-state index >= 15 is 0 Å². The van der Waals surface area contributed by atoms with Crippen molar-refractivity contribution in [3.63, 3.8) is 0 Å². The summed E-state index contributed by atoms with van der Waals surface area (Å²) in [5.74, 6) is 1.10. The molecule has 0 aromatic heterocycles. The molecule has 1 amide bonds. The van der Waals surface area contributed by atoms with Crippen LogP contribution in [-0.2, 0) is 4.79 Å². The Labute approximate surface area is 104 Å². The molecule has 2 unspecified atom stereocenters. The van der Waals surface area contributed by atoms with Gasteiger partial charge < -0.3 is 15.7 Å². The number of carbonyl (C=O) groups is 1. The zero-order valence-electron chi connectivity index (χ0n) is 10.9.